The molecular formula is C18H35N5O8. The van der Waals surface area contributed by atoms with E-state index < -0.39 is 23.9 Å². The van der Waals surface area contributed by atoms with E-state index >= 15 is 0 Å². The van der Waals surface area contributed by atoms with E-state index in [1.165, 1.54) is 4.90 Å². The number of nitrogens with one attached hydrogen (secondary N) is 2. The van der Waals surface area contributed by atoms with E-state index in [2.05, 4.69) is 15.5 Å². The Morgan fingerprint density at radius 2 is 0.968 bits per heavy atom. The molecule has 180 valence electrons. The molecule has 0 radical (unpaired) electrons. The average molecular weight is 450 g/mol. The number of carbonyl (C=O) groups is 4. The Bertz CT molecular complexity index is 547. The fraction of sp³-hybridized carbons (Fsp3) is 0.778. The standard InChI is InChI=1S/C18H35N5O8/c1-2-21(5-3-19-11-15(24)25)7-8-22(6-4-20-12-16(26)27)9-10-23(13-17(28)29)14-18(30)31/h19-20H,2-14H2,1H3,(H,24,25)(H,26,27)(H,28,29)(H,30,31). The molecule has 6 N–H and O–H groups in total. The van der Waals surface area contributed by atoms with Crippen LogP contribution in [-0.2, 0) is 19.2 Å². The summed E-state index contributed by atoms with van der Waals surface area (Å²) in [5, 5.41) is 40.9. The molecule has 0 aliphatic heterocycles. The Kier molecular flexibility index (Phi) is 16.1. The third-order valence-corrected chi connectivity index (χ3v) is 4.39. The number of hydrogen-bond donors (Lipinski definition) is 6. The molecule has 0 saturated carbocycles. The van der Waals surface area contributed by atoms with Gasteiger partial charge in [-0.3, -0.25) is 29.0 Å². The predicted octanol–water partition coefficient (Wildman–Crippen LogP) is -2.57. The summed E-state index contributed by atoms with van der Waals surface area (Å²) in [6.07, 6.45) is 0. The van der Waals surface area contributed by atoms with E-state index in [0.29, 0.717) is 45.8 Å². The number of carboxylic acids is 4. The maximum Gasteiger partial charge on any atom is 0.317 e. The van der Waals surface area contributed by atoms with E-state index in [4.69, 9.17) is 20.4 Å². The summed E-state index contributed by atoms with van der Waals surface area (Å²) in [6, 6.07) is 0. The smallest absolute Gasteiger partial charge is 0.317 e. The van der Waals surface area contributed by atoms with Crippen LogP contribution < -0.4 is 10.6 Å². The highest BCUT2D eigenvalue weighted by molar-refractivity contribution is 5.72. The molecule has 0 aliphatic carbocycles. The molecular weight excluding hydrogens is 414 g/mol. The first-order valence-corrected chi connectivity index (χ1v) is 10.1. The number of hydrogen-bond acceptors (Lipinski definition) is 9. The highest BCUT2D eigenvalue weighted by atomic mass is 16.4. The first-order chi connectivity index (χ1) is 14.6. The molecule has 13 heteroatoms. The summed E-state index contributed by atoms with van der Waals surface area (Å²) in [5.41, 5.74) is 0. The highest BCUT2D eigenvalue weighted by Crippen LogP contribution is 1.96. The second-order valence-electron chi connectivity index (χ2n) is 6.92. The van der Waals surface area contributed by atoms with Crippen molar-refractivity contribution in [1.82, 2.24) is 25.3 Å². The number of aliphatic carboxylic acids is 4. The third-order valence-electron chi connectivity index (χ3n) is 4.39. The Morgan fingerprint density at radius 1 is 0.581 bits per heavy atom. The Hall–Kier alpha value is -2.32. The van der Waals surface area contributed by atoms with Gasteiger partial charge in [0, 0.05) is 52.4 Å². The largest absolute Gasteiger partial charge is 0.480 e. The minimum Gasteiger partial charge on any atom is -0.480 e. The summed E-state index contributed by atoms with van der Waals surface area (Å²) < 4.78 is 0. The van der Waals surface area contributed by atoms with Crippen LogP contribution in [0.4, 0.5) is 0 Å². The molecule has 0 aromatic heterocycles. The van der Waals surface area contributed by atoms with Gasteiger partial charge >= 0.3 is 23.9 Å². The van der Waals surface area contributed by atoms with E-state index in [1.807, 2.05) is 11.8 Å². The van der Waals surface area contributed by atoms with Crippen LogP contribution in [0.1, 0.15) is 6.92 Å². The molecule has 0 fully saturated rings. The average Bonchev–Trinajstić information content (AvgIpc) is 2.66. The van der Waals surface area contributed by atoms with Gasteiger partial charge in [-0.1, -0.05) is 6.92 Å². The molecule has 0 heterocycles. The van der Waals surface area contributed by atoms with Crippen molar-refractivity contribution >= 4 is 23.9 Å². The lowest BCUT2D eigenvalue weighted by Crippen LogP contribution is -2.45. The van der Waals surface area contributed by atoms with Gasteiger partial charge in [-0.2, -0.15) is 0 Å². The van der Waals surface area contributed by atoms with Gasteiger partial charge in [-0.25, -0.2) is 0 Å². The molecule has 0 spiro atoms. The number of likely N-dealkylation sites (N-methyl/N-ethyl adjacent to an activating group) is 1. The van der Waals surface area contributed by atoms with E-state index in [0.717, 1.165) is 6.54 Å². The first kappa shape index (κ1) is 28.7. The van der Waals surface area contributed by atoms with Gasteiger partial charge in [0.2, 0.25) is 0 Å². The topological polar surface area (TPSA) is 183 Å². The summed E-state index contributed by atoms with van der Waals surface area (Å²) in [7, 11) is 0. The van der Waals surface area contributed by atoms with Gasteiger partial charge in [-0.05, 0) is 6.54 Å². The van der Waals surface area contributed by atoms with Crippen molar-refractivity contribution in [3.8, 4) is 0 Å². The molecule has 13 nitrogen and oxygen atoms in total. The molecule has 0 aliphatic rings. The fourth-order valence-corrected chi connectivity index (χ4v) is 2.79. The zero-order valence-corrected chi connectivity index (χ0v) is 18.0. The van der Waals surface area contributed by atoms with Crippen LogP contribution in [-0.4, -0.2) is 144 Å². The lowest BCUT2D eigenvalue weighted by atomic mass is 10.3. The van der Waals surface area contributed by atoms with Crippen LogP contribution in [0.15, 0.2) is 0 Å². The Balaban J connectivity index is 4.69. The lowest BCUT2D eigenvalue weighted by Gasteiger charge is -2.29. The lowest BCUT2D eigenvalue weighted by molar-refractivity contribution is -0.142. The molecule has 0 aromatic rings. The summed E-state index contributed by atoms with van der Waals surface area (Å²) in [6.45, 7) is 5.72. The zero-order chi connectivity index (χ0) is 23.6. The Morgan fingerprint density at radius 3 is 1.35 bits per heavy atom. The minimum atomic E-state index is -1.11. The van der Waals surface area contributed by atoms with Crippen LogP contribution in [0, 0.1) is 0 Å². The summed E-state index contributed by atoms with van der Waals surface area (Å²) in [5.74, 6) is -4.11. The van der Waals surface area contributed by atoms with Crippen molar-refractivity contribution in [3.05, 3.63) is 0 Å². The number of nitrogens with zero attached hydrogens (tertiary/aromatic N) is 3. The van der Waals surface area contributed by atoms with Crippen LogP contribution in [0.3, 0.4) is 0 Å². The van der Waals surface area contributed by atoms with Crippen LogP contribution in [0.2, 0.25) is 0 Å². The van der Waals surface area contributed by atoms with Crippen molar-refractivity contribution in [2.24, 2.45) is 0 Å². The molecule has 0 amide bonds. The minimum absolute atomic E-state index is 0.109. The van der Waals surface area contributed by atoms with E-state index in [9.17, 15) is 19.2 Å². The van der Waals surface area contributed by atoms with E-state index in [1.54, 1.807) is 0 Å². The fourth-order valence-electron chi connectivity index (χ4n) is 2.79. The molecule has 0 bridgehead atoms. The summed E-state index contributed by atoms with van der Waals surface area (Å²) >= 11 is 0. The number of rotatable bonds is 21. The van der Waals surface area contributed by atoms with Gasteiger partial charge in [-0.15, -0.1) is 0 Å². The maximum absolute atomic E-state index is 11.0. The highest BCUT2D eigenvalue weighted by Gasteiger charge is 2.16. The van der Waals surface area contributed by atoms with Crippen LogP contribution >= 0.6 is 0 Å². The van der Waals surface area contributed by atoms with Gasteiger partial charge < -0.3 is 36.0 Å². The van der Waals surface area contributed by atoms with Crippen molar-refractivity contribution in [1.29, 1.82) is 0 Å². The van der Waals surface area contributed by atoms with Gasteiger partial charge in [0.25, 0.3) is 0 Å². The molecule has 0 rings (SSSR count). The predicted molar refractivity (Wildman–Crippen MR) is 111 cm³/mol. The van der Waals surface area contributed by atoms with Gasteiger partial charge in [0.15, 0.2) is 0 Å². The van der Waals surface area contributed by atoms with Gasteiger partial charge in [0.05, 0.1) is 26.2 Å². The monoisotopic (exact) mass is 449 g/mol. The molecule has 0 atom stereocenters. The van der Waals surface area contributed by atoms with Crippen molar-refractivity contribution in [2.75, 3.05) is 85.1 Å². The maximum atomic E-state index is 11.0. The first-order valence-electron chi connectivity index (χ1n) is 10.1. The number of carboxylic acid groups (broad SMARTS) is 4. The van der Waals surface area contributed by atoms with E-state index in [-0.39, 0.29) is 32.7 Å². The second kappa shape index (κ2) is 17.4. The Labute approximate surface area is 181 Å². The second-order valence-corrected chi connectivity index (χ2v) is 6.92. The molecule has 31 heavy (non-hydrogen) atoms. The molecule has 0 aromatic carbocycles. The van der Waals surface area contributed by atoms with Crippen molar-refractivity contribution in [3.63, 3.8) is 0 Å². The molecule has 0 unspecified atom stereocenters. The SMILES string of the molecule is CCN(CCNCC(=O)O)CCN(CCNCC(=O)O)CCN(CC(=O)O)CC(=O)O. The summed E-state index contributed by atoms with van der Waals surface area (Å²) in [4.78, 5) is 48.6. The zero-order valence-electron chi connectivity index (χ0n) is 18.0. The van der Waals surface area contributed by atoms with Crippen LogP contribution in [0.5, 0.6) is 0 Å². The van der Waals surface area contributed by atoms with Crippen molar-refractivity contribution < 1.29 is 39.6 Å². The van der Waals surface area contributed by atoms with Gasteiger partial charge in [0.1, 0.15) is 0 Å². The third kappa shape index (κ3) is 18.2. The quantitative estimate of drug-likeness (QED) is 0.101. The molecule has 0 saturated heterocycles. The van der Waals surface area contributed by atoms with Crippen LogP contribution in [0.25, 0.3) is 0 Å². The van der Waals surface area contributed by atoms with Crippen molar-refractivity contribution in [2.45, 2.75) is 6.92 Å². The normalized spacial score (nSPS) is 11.4.